The Labute approximate surface area is 207 Å². The van der Waals surface area contributed by atoms with E-state index in [1.807, 2.05) is 90.4 Å². The van der Waals surface area contributed by atoms with Crippen molar-refractivity contribution in [2.24, 2.45) is 4.99 Å². The van der Waals surface area contributed by atoms with Crippen LogP contribution in [-0.4, -0.2) is 35.8 Å². The number of para-hydroxylation sites is 1. The molecule has 176 valence electrons. The highest BCUT2D eigenvalue weighted by molar-refractivity contribution is 7.16. The molecule has 2 aromatic heterocycles. The highest BCUT2D eigenvalue weighted by atomic mass is 32.1. The third kappa shape index (κ3) is 4.73. The summed E-state index contributed by atoms with van der Waals surface area (Å²) in [5.41, 5.74) is 3.98. The molecule has 1 amide bonds. The molecular formula is C28H25N3O3S. The van der Waals surface area contributed by atoms with E-state index in [1.165, 1.54) is 11.3 Å². The zero-order chi connectivity index (χ0) is 24.2. The molecule has 0 unspecified atom stereocenters. The van der Waals surface area contributed by atoms with Crippen molar-refractivity contribution in [3.05, 3.63) is 89.2 Å². The third-order valence-corrected chi connectivity index (χ3v) is 6.81. The number of ether oxygens (including phenoxy) is 2. The van der Waals surface area contributed by atoms with E-state index < -0.39 is 0 Å². The molecule has 2 heterocycles. The molecule has 5 rings (SSSR count). The van der Waals surface area contributed by atoms with Crippen LogP contribution in [-0.2, 0) is 11.3 Å². The fourth-order valence-corrected chi connectivity index (χ4v) is 5.12. The standard InChI is InChI=1S/C28H25N3O3S/c1-3-34-16-15-31-25-14-13-20(33-2)17-26(25)35-28(31)30-27(32)22-18-24(19-9-5-4-6-10-19)29-23-12-8-7-11-21(22)23/h4-14,17-18H,3,15-16H2,1-2H3. The molecule has 0 aliphatic carbocycles. The highest BCUT2D eigenvalue weighted by Gasteiger charge is 2.15. The number of benzene rings is 3. The molecule has 0 N–H and O–H groups in total. The Bertz CT molecular complexity index is 1570. The van der Waals surface area contributed by atoms with Gasteiger partial charge in [0, 0.05) is 24.1 Å². The topological polar surface area (TPSA) is 65.7 Å². The van der Waals surface area contributed by atoms with Gasteiger partial charge in [0.2, 0.25) is 0 Å². The lowest BCUT2D eigenvalue weighted by Crippen LogP contribution is -2.20. The largest absolute Gasteiger partial charge is 0.497 e. The van der Waals surface area contributed by atoms with Crippen molar-refractivity contribution in [2.75, 3.05) is 20.3 Å². The Hall–Kier alpha value is -3.81. The van der Waals surface area contributed by atoms with Crippen LogP contribution in [0.4, 0.5) is 0 Å². The molecule has 0 atom stereocenters. The molecule has 0 aliphatic rings. The molecule has 3 aromatic carbocycles. The molecule has 0 bridgehead atoms. The average molecular weight is 484 g/mol. The van der Waals surface area contributed by atoms with E-state index in [1.54, 1.807) is 7.11 Å². The summed E-state index contributed by atoms with van der Waals surface area (Å²) in [6, 6.07) is 25.3. The molecule has 35 heavy (non-hydrogen) atoms. The van der Waals surface area contributed by atoms with Crippen LogP contribution in [0.15, 0.2) is 83.9 Å². The minimum Gasteiger partial charge on any atom is -0.497 e. The number of carbonyl (C=O) groups excluding carboxylic acids is 1. The van der Waals surface area contributed by atoms with Crippen molar-refractivity contribution >= 4 is 38.4 Å². The second-order valence-corrected chi connectivity index (χ2v) is 8.93. The minimum atomic E-state index is -0.301. The number of nitrogens with zero attached hydrogens (tertiary/aromatic N) is 3. The van der Waals surface area contributed by atoms with Gasteiger partial charge in [-0.3, -0.25) is 4.79 Å². The summed E-state index contributed by atoms with van der Waals surface area (Å²) < 4.78 is 14.0. The molecule has 0 saturated carbocycles. The first kappa shape index (κ1) is 23.0. The first-order chi connectivity index (χ1) is 17.2. The molecule has 0 saturated heterocycles. The van der Waals surface area contributed by atoms with Gasteiger partial charge in [0.25, 0.3) is 5.91 Å². The Kier molecular flexibility index (Phi) is 6.70. The number of hydrogen-bond donors (Lipinski definition) is 0. The third-order valence-electron chi connectivity index (χ3n) is 5.77. The molecule has 5 aromatic rings. The van der Waals surface area contributed by atoms with Crippen LogP contribution in [0.1, 0.15) is 17.3 Å². The number of aromatic nitrogens is 2. The minimum absolute atomic E-state index is 0.301. The maximum Gasteiger partial charge on any atom is 0.280 e. The first-order valence-corrected chi connectivity index (χ1v) is 12.3. The number of hydrogen-bond acceptors (Lipinski definition) is 5. The van der Waals surface area contributed by atoms with E-state index in [0.717, 1.165) is 38.1 Å². The maximum atomic E-state index is 13.6. The van der Waals surface area contributed by atoms with Gasteiger partial charge in [-0.25, -0.2) is 4.98 Å². The molecule has 6 nitrogen and oxygen atoms in total. The number of fused-ring (bicyclic) bond motifs is 2. The van der Waals surface area contributed by atoms with Crippen molar-refractivity contribution in [1.82, 2.24) is 9.55 Å². The molecule has 7 heteroatoms. The average Bonchev–Trinajstić information content (AvgIpc) is 3.24. The van der Waals surface area contributed by atoms with E-state index in [9.17, 15) is 4.79 Å². The predicted molar refractivity (Wildman–Crippen MR) is 140 cm³/mol. The zero-order valence-electron chi connectivity index (χ0n) is 19.6. The van der Waals surface area contributed by atoms with Gasteiger partial charge >= 0.3 is 0 Å². The summed E-state index contributed by atoms with van der Waals surface area (Å²) in [7, 11) is 1.64. The zero-order valence-corrected chi connectivity index (χ0v) is 20.4. The van der Waals surface area contributed by atoms with E-state index in [0.29, 0.717) is 30.1 Å². The van der Waals surface area contributed by atoms with Crippen LogP contribution in [0.2, 0.25) is 0 Å². The maximum absolute atomic E-state index is 13.6. The molecule has 0 spiro atoms. The molecule has 0 aliphatic heterocycles. The van der Waals surface area contributed by atoms with Crippen LogP contribution in [0.5, 0.6) is 5.75 Å². The van der Waals surface area contributed by atoms with Crippen LogP contribution >= 0.6 is 11.3 Å². The van der Waals surface area contributed by atoms with Gasteiger partial charge in [0.15, 0.2) is 4.80 Å². The Balaban J connectivity index is 1.66. The second-order valence-electron chi connectivity index (χ2n) is 7.92. The monoisotopic (exact) mass is 483 g/mol. The van der Waals surface area contributed by atoms with E-state index in [4.69, 9.17) is 14.5 Å². The van der Waals surface area contributed by atoms with Gasteiger partial charge in [0.05, 0.1) is 40.7 Å². The number of carbonyl (C=O) groups is 1. The normalized spacial score (nSPS) is 11.9. The van der Waals surface area contributed by atoms with Gasteiger partial charge in [-0.2, -0.15) is 4.99 Å². The predicted octanol–water partition coefficient (Wildman–Crippen LogP) is 5.70. The molecule has 0 fully saturated rings. The van der Waals surface area contributed by atoms with Gasteiger partial charge in [-0.1, -0.05) is 59.9 Å². The first-order valence-electron chi connectivity index (χ1n) is 11.5. The lowest BCUT2D eigenvalue weighted by molar-refractivity contribution is 0.0998. The quantitative estimate of drug-likeness (QED) is 0.278. The van der Waals surface area contributed by atoms with E-state index in [2.05, 4.69) is 4.99 Å². The van der Waals surface area contributed by atoms with Crippen LogP contribution < -0.4 is 9.54 Å². The van der Waals surface area contributed by atoms with Gasteiger partial charge < -0.3 is 14.0 Å². The lowest BCUT2D eigenvalue weighted by atomic mass is 10.0. The fourth-order valence-electron chi connectivity index (χ4n) is 4.04. The summed E-state index contributed by atoms with van der Waals surface area (Å²) in [5.74, 6) is 0.464. The second kappa shape index (κ2) is 10.2. The van der Waals surface area contributed by atoms with E-state index >= 15 is 0 Å². The summed E-state index contributed by atoms with van der Waals surface area (Å²) >= 11 is 1.46. The highest BCUT2D eigenvalue weighted by Crippen LogP contribution is 2.26. The Morgan fingerprint density at radius 1 is 1.03 bits per heavy atom. The van der Waals surface area contributed by atoms with E-state index in [-0.39, 0.29) is 5.91 Å². The molecular weight excluding hydrogens is 458 g/mol. The van der Waals surface area contributed by atoms with Gasteiger partial charge in [0.1, 0.15) is 5.75 Å². The van der Waals surface area contributed by atoms with Crippen LogP contribution in [0.3, 0.4) is 0 Å². The lowest BCUT2D eigenvalue weighted by Gasteiger charge is -2.08. The summed E-state index contributed by atoms with van der Waals surface area (Å²) in [6.45, 7) is 3.73. The summed E-state index contributed by atoms with van der Waals surface area (Å²) in [5, 5.41) is 0.782. The summed E-state index contributed by atoms with van der Waals surface area (Å²) in [6.07, 6.45) is 0. The van der Waals surface area contributed by atoms with Crippen molar-refractivity contribution in [3.63, 3.8) is 0 Å². The Morgan fingerprint density at radius 2 is 1.83 bits per heavy atom. The van der Waals surface area contributed by atoms with Gasteiger partial charge in [-0.15, -0.1) is 0 Å². The van der Waals surface area contributed by atoms with Crippen molar-refractivity contribution in [2.45, 2.75) is 13.5 Å². The smallest absolute Gasteiger partial charge is 0.280 e. The number of pyridine rings is 1. The van der Waals surface area contributed by atoms with Crippen LogP contribution in [0.25, 0.3) is 32.4 Å². The molecule has 0 radical (unpaired) electrons. The number of amides is 1. The van der Waals surface area contributed by atoms with Crippen molar-refractivity contribution in [3.8, 4) is 17.0 Å². The van der Waals surface area contributed by atoms with Crippen molar-refractivity contribution in [1.29, 1.82) is 0 Å². The number of rotatable bonds is 7. The van der Waals surface area contributed by atoms with Gasteiger partial charge in [-0.05, 0) is 37.3 Å². The number of thiazole rings is 1. The SMILES string of the molecule is CCOCCn1c(=NC(=O)c2cc(-c3ccccc3)nc3ccccc23)sc2cc(OC)ccc21. The summed E-state index contributed by atoms with van der Waals surface area (Å²) in [4.78, 5) is 23.7. The Morgan fingerprint density at radius 3 is 2.63 bits per heavy atom. The number of methoxy groups -OCH3 is 1. The van der Waals surface area contributed by atoms with Crippen LogP contribution in [0, 0.1) is 0 Å². The fraction of sp³-hybridized carbons (Fsp3) is 0.179. The van der Waals surface area contributed by atoms with Crippen molar-refractivity contribution < 1.29 is 14.3 Å².